The second-order valence-corrected chi connectivity index (χ2v) is 4.66. The van der Waals surface area contributed by atoms with Crippen LogP contribution >= 0.6 is 11.6 Å². The Labute approximate surface area is 128 Å². The molecule has 2 aromatic carbocycles. The Balaban J connectivity index is 1.98. The topological polar surface area (TPSA) is 47.6 Å². The van der Waals surface area contributed by atoms with Gasteiger partial charge in [-0.25, -0.2) is 4.79 Å². The number of carbonyl (C=O) groups is 1. The highest BCUT2D eigenvalue weighted by Gasteiger charge is 2.04. The summed E-state index contributed by atoms with van der Waals surface area (Å²) in [7, 11) is 0. The van der Waals surface area contributed by atoms with E-state index in [0.29, 0.717) is 29.7 Å². The highest BCUT2D eigenvalue weighted by atomic mass is 35.5. The van der Waals surface area contributed by atoms with Gasteiger partial charge in [0.25, 0.3) is 0 Å². The van der Waals surface area contributed by atoms with Gasteiger partial charge in [0.05, 0.1) is 6.61 Å². The molecule has 21 heavy (non-hydrogen) atoms. The van der Waals surface area contributed by atoms with E-state index in [1.54, 1.807) is 25.1 Å². The van der Waals surface area contributed by atoms with Gasteiger partial charge in [0.1, 0.15) is 12.4 Å². The third-order valence-electron chi connectivity index (χ3n) is 2.71. The highest BCUT2D eigenvalue weighted by molar-refractivity contribution is 6.31. The summed E-state index contributed by atoms with van der Waals surface area (Å²) in [6, 6.07) is 14.6. The lowest BCUT2D eigenvalue weighted by atomic mass is 10.2. The van der Waals surface area contributed by atoms with E-state index < -0.39 is 6.09 Å². The van der Waals surface area contributed by atoms with Gasteiger partial charge in [0.15, 0.2) is 0 Å². The number of anilines is 1. The lowest BCUT2D eigenvalue weighted by Crippen LogP contribution is -2.13. The first-order valence-corrected chi connectivity index (χ1v) is 6.97. The molecule has 2 rings (SSSR count). The van der Waals surface area contributed by atoms with Gasteiger partial charge in [-0.2, -0.15) is 0 Å². The second-order valence-electron chi connectivity index (χ2n) is 4.25. The average Bonchev–Trinajstić information content (AvgIpc) is 2.47. The highest BCUT2D eigenvalue weighted by Crippen LogP contribution is 2.21. The number of rotatable bonds is 5. The fourth-order valence-corrected chi connectivity index (χ4v) is 1.92. The van der Waals surface area contributed by atoms with Crippen LogP contribution in [-0.4, -0.2) is 12.7 Å². The normalized spacial score (nSPS) is 10.0. The Morgan fingerprint density at radius 3 is 2.76 bits per heavy atom. The molecule has 1 amide bonds. The van der Waals surface area contributed by atoms with Gasteiger partial charge < -0.3 is 9.47 Å². The van der Waals surface area contributed by atoms with Crippen molar-refractivity contribution in [2.75, 3.05) is 11.9 Å². The lowest BCUT2D eigenvalue weighted by Gasteiger charge is -2.10. The zero-order chi connectivity index (χ0) is 15.1. The van der Waals surface area contributed by atoms with E-state index in [4.69, 9.17) is 21.1 Å². The lowest BCUT2D eigenvalue weighted by molar-refractivity contribution is 0.168. The van der Waals surface area contributed by atoms with Gasteiger partial charge in [-0.05, 0) is 25.1 Å². The molecule has 1 N–H and O–H groups in total. The van der Waals surface area contributed by atoms with E-state index in [1.165, 1.54) is 0 Å². The van der Waals surface area contributed by atoms with E-state index in [9.17, 15) is 4.79 Å². The van der Waals surface area contributed by atoms with Gasteiger partial charge in [0.2, 0.25) is 0 Å². The standard InChI is InChI=1S/C16H16ClNO3/c1-2-20-16(19)18-13-7-5-8-14(10-13)21-11-12-6-3-4-9-15(12)17/h3-10H,2,11H2,1H3,(H,18,19). The molecule has 2 aromatic rings. The number of halogens is 1. The van der Waals surface area contributed by atoms with Crippen LogP contribution in [-0.2, 0) is 11.3 Å². The maximum atomic E-state index is 11.4. The summed E-state index contributed by atoms with van der Waals surface area (Å²) >= 11 is 6.07. The van der Waals surface area contributed by atoms with Gasteiger partial charge in [-0.3, -0.25) is 5.32 Å². The van der Waals surface area contributed by atoms with E-state index in [-0.39, 0.29) is 0 Å². The monoisotopic (exact) mass is 305 g/mol. The molecule has 0 saturated carbocycles. The van der Waals surface area contributed by atoms with Gasteiger partial charge in [0, 0.05) is 22.3 Å². The van der Waals surface area contributed by atoms with Crippen molar-refractivity contribution in [3.8, 4) is 5.75 Å². The van der Waals surface area contributed by atoms with Crippen LogP contribution in [0.1, 0.15) is 12.5 Å². The number of nitrogens with one attached hydrogen (secondary N) is 1. The predicted octanol–water partition coefficient (Wildman–Crippen LogP) is 4.49. The number of hydrogen-bond acceptors (Lipinski definition) is 3. The fourth-order valence-electron chi connectivity index (χ4n) is 1.73. The van der Waals surface area contributed by atoms with Crippen molar-refractivity contribution in [2.45, 2.75) is 13.5 Å². The van der Waals surface area contributed by atoms with Crippen molar-refractivity contribution in [3.63, 3.8) is 0 Å². The maximum Gasteiger partial charge on any atom is 0.411 e. The zero-order valence-corrected chi connectivity index (χ0v) is 12.4. The molecule has 0 unspecified atom stereocenters. The van der Waals surface area contributed by atoms with Gasteiger partial charge in [-0.15, -0.1) is 0 Å². The molecule has 0 radical (unpaired) electrons. The van der Waals surface area contributed by atoms with Crippen LogP contribution in [0.3, 0.4) is 0 Å². The Bertz CT molecular complexity index is 616. The van der Waals surface area contributed by atoms with Crippen LogP contribution in [0, 0.1) is 0 Å². The van der Waals surface area contributed by atoms with E-state index in [1.807, 2.05) is 30.3 Å². The summed E-state index contributed by atoms with van der Waals surface area (Å²) in [5.41, 5.74) is 1.52. The molecule has 0 saturated heterocycles. The quantitative estimate of drug-likeness (QED) is 0.885. The van der Waals surface area contributed by atoms with Crippen molar-refractivity contribution >= 4 is 23.4 Å². The number of amides is 1. The number of hydrogen-bond donors (Lipinski definition) is 1. The van der Waals surface area contributed by atoms with Crippen LogP contribution in [0.5, 0.6) is 5.75 Å². The van der Waals surface area contributed by atoms with Crippen LogP contribution in [0.15, 0.2) is 48.5 Å². The summed E-state index contributed by atoms with van der Waals surface area (Å²) in [5.74, 6) is 0.643. The summed E-state index contributed by atoms with van der Waals surface area (Å²) < 4.78 is 10.5. The van der Waals surface area contributed by atoms with E-state index in [2.05, 4.69) is 5.32 Å². The molecule has 0 aromatic heterocycles. The van der Waals surface area contributed by atoms with Crippen molar-refractivity contribution in [2.24, 2.45) is 0 Å². The zero-order valence-electron chi connectivity index (χ0n) is 11.6. The Hall–Kier alpha value is -2.20. The first-order chi connectivity index (χ1) is 10.2. The Kier molecular flexibility index (Phi) is 5.46. The largest absolute Gasteiger partial charge is 0.489 e. The first kappa shape index (κ1) is 15.2. The van der Waals surface area contributed by atoms with E-state index >= 15 is 0 Å². The summed E-state index contributed by atoms with van der Waals surface area (Å²) in [5, 5.41) is 3.29. The first-order valence-electron chi connectivity index (χ1n) is 6.59. The molecular weight excluding hydrogens is 290 g/mol. The van der Waals surface area contributed by atoms with Gasteiger partial charge >= 0.3 is 6.09 Å². The van der Waals surface area contributed by atoms with E-state index in [0.717, 1.165) is 5.56 Å². The van der Waals surface area contributed by atoms with Crippen molar-refractivity contribution < 1.29 is 14.3 Å². The fraction of sp³-hybridized carbons (Fsp3) is 0.188. The van der Waals surface area contributed by atoms with Gasteiger partial charge in [-0.1, -0.05) is 35.9 Å². The maximum absolute atomic E-state index is 11.4. The minimum Gasteiger partial charge on any atom is -0.489 e. The molecule has 0 heterocycles. The minimum atomic E-state index is -0.485. The van der Waals surface area contributed by atoms with Crippen LogP contribution in [0.2, 0.25) is 5.02 Å². The SMILES string of the molecule is CCOC(=O)Nc1cccc(OCc2ccccc2Cl)c1. The Morgan fingerprint density at radius 2 is 2.00 bits per heavy atom. The van der Waals surface area contributed by atoms with Crippen molar-refractivity contribution in [3.05, 3.63) is 59.1 Å². The summed E-state index contributed by atoms with van der Waals surface area (Å²) in [6.45, 7) is 2.44. The summed E-state index contributed by atoms with van der Waals surface area (Å²) in [4.78, 5) is 11.4. The molecule has 0 aliphatic rings. The third kappa shape index (κ3) is 4.68. The van der Waals surface area contributed by atoms with Crippen LogP contribution < -0.4 is 10.1 Å². The molecule has 0 bridgehead atoms. The molecule has 5 heteroatoms. The molecule has 0 aliphatic carbocycles. The Morgan fingerprint density at radius 1 is 1.19 bits per heavy atom. The molecule has 110 valence electrons. The second kappa shape index (κ2) is 7.55. The summed E-state index contributed by atoms with van der Waals surface area (Å²) in [6.07, 6.45) is -0.485. The van der Waals surface area contributed by atoms with Crippen LogP contribution in [0.25, 0.3) is 0 Å². The molecule has 0 spiro atoms. The molecular formula is C16H16ClNO3. The van der Waals surface area contributed by atoms with Crippen molar-refractivity contribution in [1.82, 2.24) is 0 Å². The average molecular weight is 306 g/mol. The number of ether oxygens (including phenoxy) is 2. The minimum absolute atomic E-state index is 0.328. The molecule has 0 atom stereocenters. The third-order valence-corrected chi connectivity index (χ3v) is 3.08. The molecule has 4 nitrogen and oxygen atoms in total. The van der Waals surface area contributed by atoms with Crippen LogP contribution in [0.4, 0.5) is 10.5 Å². The number of benzene rings is 2. The number of carbonyl (C=O) groups excluding carboxylic acids is 1. The predicted molar refractivity (Wildman–Crippen MR) is 82.9 cm³/mol. The van der Waals surface area contributed by atoms with Crippen molar-refractivity contribution in [1.29, 1.82) is 0 Å². The molecule has 0 fully saturated rings. The molecule has 0 aliphatic heterocycles. The smallest absolute Gasteiger partial charge is 0.411 e.